The maximum Gasteiger partial charge on any atom is 0.337 e. The molecule has 8 heteroatoms. The van der Waals surface area contributed by atoms with Crippen molar-refractivity contribution in [2.45, 2.75) is 30.7 Å². The Morgan fingerprint density at radius 1 is 1.04 bits per heavy atom. The van der Waals surface area contributed by atoms with E-state index >= 15 is 0 Å². The zero-order valence-electron chi connectivity index (χ0n) is 15.1. The monoisotopic (exact) mass is 390 g/mol. The van der Waals surface area contributed by atoms with Crippen LogP contribution in [0.1, 0.15) is 10.4 Å². The third-order valence-electron chi connectivity index (χ3n) is 4.57. The topological polar surface area (TPSA) is 126 Å². The van der Waals surface area contributed by atoms with Gasteiger partial charge < -0.3 is 34.6 Å². The number of hydrogen-bond acceptors (Lipinski definition) is 8. The van der Waals surface area contributed by atoms with Crippen molar-refractivity contribution in [3.63, 3.8) is 0 Å². The van der Waals surface area contributed by atoms with Crippen LogP contribution in [0.2, 0.25) is 0 Å². The largest absolute Gasteiger partial charge is 0.465 e. The minimum atomic E-state index is -1.54. The highest BCUT2D eigenvalue weighted by atomic mass is 16.7. The number of esters is 1. The standard InChI is InChI=1S/C20H22O8/c1-26-19(25)12-6-4-5-11(9-12)13-7-2-3-8-14(13)27-20-18(24)17(23)16(22)15(10-21)28-20/h2-9,15-18,20-24H,10H2,1H3/t15-,16+,17+,18?,20-/m1/s1. The van der Waals surface area contributed by atoms with E-state index in [9.17, 15) is 25.2 Å². The summed E-state index contributed by atoms with van der Waals surface area (Å²) in [6.07, 6.45) is -6.90. The summed E-state index contributed by atoms with van der Waals surface area (Å²) in [4.78, 5) is 11.8. The average molecular weight is 390 g/mol. The molecule has 150 valence electrons. The zero-order valence-corrected chi connectivity index (χ0v) is 15.1. The van der Waals surface area contributed by atoms with E-state index in [1.807, 2.05) is 0 Å². The molecule has 3 rings (SSSR count). The third kappa shape index (κ3) is 4.01. The normalized spacial score (nSPS) is 27.2. The Labute approximate surface area is 161 Å². The molecule has 4 N–H and O–H groups in total. The van der Waals surface area contributed by atoms with Gasteiger partial charge in [0, 0.05) is 5.56 Å². The van der Waals surface area contributed by atoms with E-state index in [-0.39, 0.29) is 0 Å². The van der Waals surface area contributed by atoms with E-state index in [1.54, 1.807) is 48.5 Å². The van der Waals surface area contributed by atoms with E-state index < -0.39 is 43.3 Å². The summed E-state index contributed by atoms with van der Waals surface area (Å²) in [5, 5.41) is 39.3. The van der Waals surface area contributed by atoms with Crippen molar-refractivity contribution in [3.05, 3.63) is 54.1 Å². The lowest BCUT2D eigenvalue weighted by molar-refractivity contribution is -0.277. The van der Waals surface area contributed by atoms with Gasteiger partial charge in [-0.2, -0.15) is 0 Å². The van der Waals surface area contributed by atoms with Crippen LogP contribution >= 0.6 is 0 Å². The summed E-state index contributed by atoms with van der Waals surface area (Å²) in [5.41, 5.74) is 1.65. The summed E-state index contributed by atoms with van der Waals surface area (Å²) in [6.45, 7) is -0.548. The fourth-order valence-electron chi connectivity index (χ4n) is 3.03. The third-order valence-corrected chi connectivity index (χ3v) is 4.57. The molecule has 0 spiro atoms. The molecule has 1 fully saturated rings. The number of aliphatic hydroxyl groups is 4. The van der Waals surface area contributed by atoms with Crippen LogP contribution < -0.4 is 4.74 Å². The minimum Gasteiger partial charge on any atom is -0.465 e. The van der Waals surface area contributed by atoms with Gasteiger partial charge in [-0.15, -0.1) is 0 Å². The summed E-state index contributed by atoms with van der Waals surface area (Å²) >= 11 is 0. The van der Waals surface area contributed by atoms with Gasteiger partial charge in [-0.25, -0.2) is 4.79 Å². The first kappa shape index (κ1) is 20.2. The van der Waals surface area contributed by atoms with Crippen LogP contribution in [0.25, 0.3) is 11.1 Å². The first-order chi connectivity index (χ1) is 13.5. The summed E-state index contributed by atoms with van der Waals surface area (Å²) in [6, 6.07) is 13.6. The molecule has 0 saturated carbocycles. The number of hydrogen-bond donors (Lipinski definition) is 4. The van der Waals surface area contributed by atoms with Crippen molar-refractivity contribution in [2.24, 2.45) is 0 Å². The molecule has 0 aliphatic carbocycles. The second-order valence-corrected chi connectivity index (χ2v) is 6.38. The highest BCUT2D eigenvalue weighted by Gasteiger charge is 2.44. The second-order valence-electron chi connectivity index (χ2n) is 6.38. The van der Waals surface area contributed by atoms with Crippen molar-refractivity contribution in [2.75, 3.05) is 13.7 Å². The molecular weight excluding hydrogens is 368 g/mol. The molecule has 1 unspecified atom stereocenters. The number of methoxy groups -OCH3 is 1. The van der Waals surface area contributed by atoms with Gasteiger partial charge in [0.2, 0.25) is 6.29 Å². The number of carbonyl (C=O) groups excluding carboxylic acids is 1. The SMILES string of the molecule is COC(=O)c1cccc(-c2ccccc2O[C@@H]2O[C@H](CO)[C@H](O)[C@H](O)C2O)c1. The first-order valence-electron chi connectivity index (χ1n) is 8.71. The van der Waals surface area contributed by atoms with Crippen molar-refractivity contribution >= 4 is 5.97 Å². The number of carbonyl (C=O) groups is 1. The highest BCUT2D eigenvalue weighted by Crippen LogP contribution is 2.33. The van der Waals surface area contributed by atoms with Crippen LogP contribution in [0, 0.1) is 0 Å². The second kappa shape index (κ2) is 8.68. The van der Waals surface area contributed by atoms with Crippen LogP contribution in [-0.4, -0.2) is 70.8 Å². The lowest BCUT2D eigenvalue weighted by atomic mass is 9.99. The minimum absolute atomic E-state index is 0.328. The van der Waals surface area contributed by atoms with Crippen LogP contribution in [0.5, 0.6) is 5.75 Å². The quantitative estimate of drug-likeness (QED) is 0.538. The van der Waals surface area contributed by atoms with Gasteiger partial charge in [-0.3, -0.25) is 0 Å². The summed E-state index contributed by atoms with van der Waals surface area (Å²) < 4.78 is 15.9. The average Bonchev–Trinajstić information content (AvgIpc) is 2.74. The fourth-order valence-corrected chi connectivity index (χ4v) is 3.03. The lowest BCUT2D eigenvalue weighted by Gasteiger charge is -2.39. The summed E-state index contributed by atoms with van der Waals surface area (Å²) in [5.74, 6) is -0.150. The van der Waals surface area contributed by atoms with Crippen molar-refractivity contribution in [1.82, 2.24) is 0 Å². The van der Waals surface area contributed by atoms with E-state index in [4.69, 9.17) is 14.2 Å². The molecule has 1 saturated heterocycles. The molecule has 1 heterocycles. The first-order valence-corrected chi connectivity index (χ1v) is 8.71. The Morgan fingerprint density at radius 2 is 1.79 bits per heavy atom. The van der Waals surface area contributed by atoms with Gasteiger partial charge in [0.25, 0.3) is 0 Å². The smallest absolute Gasteiger partial charge is 0.337 e. The maximum absolute atomic E-state index is 11.8. The fraction of sp³-hybridized carbons (Fsp3) is 0.350. The van der Waals surface area contributed by atoms with Crippen molar-refractivity contribution in [3.8, 4) is 16.9 Å². The van der Waals surface area contributed by atoms with Gasteiger partial charge in [0.05, 0.1) is 19.3 Å². The van der Waals surface area contributed by atoms with E-state index in [0.717, 1.165) is 0 Å². The Bertz CT molecular complexity index is 821. The molecule has 8 nitrogen and oxygen atoms in total. The van der Waals surface area contributed by atoms with E-state index in [2.05, 4.69) is 0 Å². The van der Waals surface area contributed by atoms with Gasteiger partial charge in [-0.05, 0) is 23.8 Å². The van der Waals surface area contributed by atoms with Crippen LogP contribution in [0.4, 0.5) is 0 Å². The number of aliphatic hydroxyl groups excluding tert-OH is 4. The molecule has 0 aromatic heterocycles. The summed E-state index contributed by atoms with van der Waals surface area (Å²) in [7, 11) is 1.30. The molecule has 2 aromatic rings. The molecule has 2 aromatic carbocycles. The number of benzene rings is 2. The molecule has 0 bridgehead atoms. The van der Waals surface area contributed by atoms with Crippen LogP contribution in [0.3, 0.4) is 0 Å². The number of rotatable bonds is 5. The van der Waals surface area contributed by atoms with Crippen molar-refractivity contribution < 1.29 is 39.4 Å². The van der Waals surface area contributed by atoms with Crippen LogP contribution in [0.15, 0.2) is 48.5 Å². The van der Waals surface area contributed by atoms with Crippen LogP contribution in [-0.2, 0) is 9.47 Å². The van der Waals surface area contributed by atoms with Gasteiger partial charge in [0.15, 0.2) is 0 Å². The van der Waals surface area contributed by atoms with E-state index in [0.29, 0.717) is 22.4 Å². The molecule has 1 aliphatic rings. The molecule has 0 amide bonds. The van der Waals surface area contributed by atoms with Crippen molar-refractivity contribution in [1.29, 1.82) is 0 Å². The molecular formula is C20H22O8. The highest BCUT2D eigenvalue weighted by molar-refractivity contribution is 5.91. The van der Waals surface area contributed by atoms with Gasteiger partial charge >= 0.3 is 5.97 Å². The number of para-hydroxylation sites is 1. The lowest BCUT2D eigenvalue weighted by Crippen LogP contribution is -2.60. The van der Waals surface area contributed by atoms with Gasteiger partial charge in [0.1, 0.15) is 30.2 Å². The Hall–Kier alpha value is -2.49. The molecule has 1 aliphatic heterocycles. The Balaban J connectivity index is 1.90. The van der Waals surface area contributed by atoms with Gasteiger partial charge in [-0.1, -0.05) is 30.3 Å². The molecule has 0 radical (unpaired) electrons. The van der Waals surface area contributed by atoms with E-state index in [1.165, 1.54) is 7.11 Å². The molecule has 28 heavy (non-hydrogen) atoms. The molecule has 5 atom stereocenters. The predicted molar refractivity (Wildman–Crippen MR) is 97.6 cm³/mol. The Kier molecular flexibility index (Phi) is 6.28. The predicted octanol–water partition coefficient (Wildman–Crippen LogP) is 0.319. The zero-order chi connectivity index (χ0) is 20.3. The maximum atomic E-state index is 11.8. The number of ether oxygens (including phenoxy) is 3. The Morgan fingerprint density at radius 3 is 2.50 bits per heavy atom.